The van der Waals surface area contributed by atoms with Crippen molar-refractivity contribution in [3.05, 3.63) is 35.4 Å². The fraction of sp³-hybridized carbons (Fsp3) is 0.600. The molecule has 0 bridgehead atoms. The summed E-state index contributed by atoms with van der Waals surface area (Å²) < 4.78 is 5.70. The second-order valence-electron chi connectivity index (χ2n) is 5.51. The van der Waals surface area contributed by atoms with Crippen LogP contribution in [0.1, 0.15) is 24.0 Å². The third kappa shape index (κ3) is 2.29. The van der Waals surface area contributed by atoms with Crippen molar-refractivity contribution in [1.82, 2.24) is 4.90 Å². The molecule has 0 aromatic heterocycles. The minimum Gasteiger partial charge on any atom is -0.374 e. The summed E-state index contributed by atoms with van der Waals surface area (Å²) in [6.45, 7) is 5.18. The van der Waals surface area contributed by atoms with Crippen LogP contribution in [0.2, 0.25) is 0 Å². The Morgan fingerprint density at radius 3 is 3.00 bits per heavy atom. The maximum Gasteiger partial charge on any atom is 0.0837 e. The third-order valence-corrected chi connectivity index (χ3v) is 4.57. The first-order valence-electron chi connectivity index (χ1n) is 6.77. The smallest absolute Gasteiger partial charge is 0.0837 e. The van der Waals surface area contributed by atoms with E-state index in [4.69, 9.17) is 16.3 Å². The summed E-state index contributed by atoms with van der Waals surface area (Å²) in [4.78, 5) is 2.54. The second-order valence-corrected chi connectivity index (χ2v) is 5.82. The van der Waals surface area contributed by atoms with Gasteiger partial charge >= 0.3 is 0 Å². The van der Waals surface area contributed by atoms with E-state index >= 15 is 0 Å². The molecule has 1 fully saturated rings. The lowest BCUT2D eigenvalue weighted by molar-refractivity contribution is -0.0502. The number of fused-ring (bicyclic) bond motifs is 1. The van der Waals surface area contributed by atoms with Crippen molar-refractivity contribution >= 4 is 11.6 Å². The van der Waals surface area contributed by atoms with Gasteiger partial charge in [0.05, 0.1) is 12.7 Å². The van der Waals surface area contributed by atoms with Crippen LogP contribution in [0.4, 0.5) is 0 Å². The molecule has 18 heavy (non-hydrogen) atoms. The Morgan fingerprint density at radius 2 is 2.22 bits per heavy atom. The Balaban J connectivity index is 1.63. The van der Waals surface area contributed by atoms with E-state index in [0.29, 0.717) is 17.8 Å². The summed E-state index contributed by atoms with van der Waals surface area (Å²) in [7, 11) is 0. The lowest BCUT2D eigenvalue weighted by atomic mass is 9.77. The molecular weight excluding hydrogens is 246 g/mol. The van der Waals surface area contributed by atoms with Gasteiger partial charge in [-0.15, -0.1) is 11.6 Å². The Hall–Kier alpha value is -0.570. The molecule has 0 amide bonds. The zero-order chi connectivity index (χ0) is 12.5. The third-order valence-electron chi connectivity index (χ3n) is 4.22. The van der Waals surface area contributed by atoms with E-state index < -0.39 is 0 Å². The van der Waals surface area contributed by atoms with Crippen LogP contribution in [0.3, 0.4) is 0 Å². The van der Waals surface area contributed by atoms with Gasteiger partial charge in [0.2, 0.25) is 0 Å². The number of halogens is 1. The normalized spacial score (nSPS) is 31.8. The van der Waals surface area contributed by atoms with Crippen LogP contribution < -0.4 is 0 Å². The molecule has 0 spiro atoms. The monoisotopic (exact) mass is 265 g/mol. The fourth-order valence-corrected chi connectivity index (χ4v) is 3.22. The van der Waals surface area contributed by atoms with Crippen molar-refractivity contribution in [1.29, 1.82) is 0 Å². The Labute approximate surface area is 114 Å². The van der Waals surface area contributed by atoms with Crippen LogP contribution in [0.25, 0.3) is 0 Å². The van der Waals surface area contributed by atoms with E-state index in [-0.39, 0.29) is 6.10 Å². The van der Waals surface area contributed by atoms with Crippen molar-refractivity contribution in [2.75, 3.05) is 25.6 Å². The number of alkyl halides is 1. The van der Waals surface area contributed by atoms with Gasteiger partial charge in [-0.25, -0.2) is 0 Å². The van der Waals surface area contributed by atoms with E-state index in [9.17, 15) is 0 Å². The topological polar surface area (TPSA) is 12.5 Å². The predicted molar refractivity (Wildman–Crippen MR) is 74.4 cm³/mol. The Bertz CT molecular complexity index is 423. The predicted octanol–water partition coefficient (Wildman–Crippen LogP) is 2.65. The lowest BCUT2D eigenvalue weighted by Gasteiger charge is -2.42. The molecule has 3 rings (SSSR count). The highest BCUT2D eigenvalue weighted by Gasteiger charge is 2.32. The average molecular weight is 266 g/mol. The molecule has 3 heteroatoms. The van der Waals surface area contributed by atoms with Gasteiger partial charge < -0.3 is 4.74 Å². The molecule has 0 radical (unpaired) electrons. The maximum atomic E-state index is 5.91. The van der Waals surface area contributed by atoms with Gasteiger partial charge in [0, 0.05) is 30.9 Å². The van der Waals surface area contributed by atoms with Crippen LogP contribution >= 0.6 is 11.6 Å². The summed E-state index contributed by atoms with van der Waals surface area (Å²) in [6.07, 6.45) is 1.43. The SMILES string of the molecule is CC1COC(CCl)CN1CC1Cc2ccccc21. The van der Waals surface area contributed by atoms with Crippen LogP contribution in [-0.4, -0.2) is 42.6 Å². The average Bonchev–Trinajstić information content (AvgIpc) is 2.38. The van der Waals surface area contributed by atoms with E-state index in [1.165, 1.54) is 12.0 Å². The molecule has 3 unspecified atom stereocenters. The molecule has 1 aromatic rings. The van der Waals surface area contributed by atoms with E-state index in [2.05, 4.69) is 36.1 Å². The number of ether oxygens (including phenoxy) is 1. The molecule has 1 aromatic carbocycles. The molecule has 1 aliphatic carbocycles. The minimum absolute atomic E-state index is 0.207. The summed E-state index contributed by atoms with van der Waals surface area (Å²) in [5.41, 5.74) is 3.07. The zero-order valence-corrected chi connectivity index (χ0v) is 11.6. The Kier molecular flexibility index (Phi) is 3.60. The van der Waals surface area contributed by atoms with Crippen LogP contribution in [0.15, 0.2) is 24.3 Å². The molecule has 0 N–H and O–H groups in total. The van der Waals surface area contributed by atoms with Crippen molar-refractivity contribution in [2.45, 2.75) is 31.4 Å². The number of hydrogen-bond acceptors (Lipinski definition) is 2. The number of benzene rings is 1. The molecule has 3 atom stereocenters. The van der Waals surface area contributed by atoms with Gasteiger partial charge in [-0.2, -0.15) is 0 Å². The molecule has 1 heterocycles. The second kappa shape index (κ2) is 5.20. The number of rotatable bonds is 3. The molecule has 1 aliphatic heterocycles. The van der Waals surface area contributed by atoms with Crippen molar-refractivity contribution in [3.63, 3.8) is 0 Å². The molecule has 2 aliphatic rings. The van der Waals surface area contributed by atoms with Gasteiger partial charge in [-0.1, -0.05) is 24.3 Å². The number of hydrogen-bond donors (Lipinski definition) is 0. The van der Waals surface area contributed by atoms with E-state index in [1.54, 1.807) is 5.56 Å². The number of morpholine rings is 1. The zero-order valence-electron chi connectivity index (χ0n) is 10.8. The van der Waals surface area contributed by atoms with Crippen LogP contribution in [-0.2, 0) is 11.2 Å². The van der Waals surface area contributed by atoms with E-state index in [0.717, 1.165) is 19.7 Å². The summed E-state index contributed by atoms with van der Waals surface area (Å²) in [5.74, 6) is 1.31. The van der Waals surface area contributed by atoms with Gasteiger partial charge in [-0.3, -0.25) is 4.90 Å². The highest BCUT2D eigenvalue weighted by Crippen LogP contribution is 2.36. The van der Waals surface area contributed by atoms with Crippen LogP contribution in [0, 0.1) is 0 Å². The molecule has 98 valence electrons. The molecular formula is C15H20ClNO. The van der Waals surface area contributed by atoms with Gasteiger partial charge in [0.15, 0.2) is 0 Å². The Morgan fingerprint density at radius 1 is 1.39 bits per heavy atom. The number of nitrogens with zero attached hydrogens (tertiary/aromatic N) is 1. The van der Waals surface area contributed by atoms with E-state index in [1.807, 2.05) is 0 Å². The van der Waals surface area contributed by atoms with Gasteiger partial charge in [0.25, 0.3) is 0 Å². The molecule has 0 saturated carbocycles. The summed E-state index contributed by atoms with van der Waals surface area (Å²) in [6, 6.07) is 9.31. The summed E-state index contributed by atoms with van der Waals surface area (Å²) in [5, 5.41) is 0. The fourth-order valence-electron chi connectivity index (χ4n) is 3.03. The van der Waals surface area contributed by atoms with Crippen molar-refractivity contribution < 1.29 is 4.74 Å². The minimum atomic E-state index is 0.207. The van der Waals surface area contributed by atoms with Crippen molar-refractivity contribution in [3.8, 4) is 0 Å². The molecule has 2 nitrogen and oxygen atoms in total. The first-order chi connectivity index (χ1) is 8.78. The van der Waals surface area contributed by atoms with Gasteiger partial charge in [-0.05, 0) is 24.5 Å². The largest absolute Gasteiger partial charge is 0.374 e. The first-order valence-corrected chi connectivity index (χ1v) is 7.30. The molecule has 1 saturated heterocycles. The standard InChI is InChI=1S/C15H20ClNO/c1-11-10-18-14(7-16)9-17(11)8-13-6-12-4-2-3-5-15(12)13/h2-5,11,13-14H,6-10H2,1H3. The summed E-state index contributed by atoms with van der Waals surface area (Å²) >= 11 is 5.91. The first kappa shape index (κ1) is 12.5. The highest BCUT2D eigenvalue weighted by atomic mass is 35.5. The quantitative estimate of drug-likeness (QED) is 0.779. The maximum absolute atomic E-state index is 5.91. The lowest BCUT2D eigenvalue weighted by Crippen LogP contribution is -2.51. The highest BCUT2D eigenvalue weighted by molar-refractivity contribution is 6.18. The van der Waals surface area contributed by atoms with Crippen molar-refractivity contribution in [2.24, 2.45) is 0 Å². The van der Waals surface area contributed by atoms with Gasteiger partial charge in [0.1, 0.15) is 0 Å². The van der Waals surface area contributed by atoms with Crippen LogP contribution in [0.5, 0.6) is 0 Å².